The summed E-state index contributed by atoms with van der Waals surface area (Å²) in [5.74, 6) is 2.56. The van der Waals surface area contributed by atoms with Crippen LogP contribution in [0.4, 0.5) is 11.8 Å². The Kier molecular flexibility index (Phi) is 6.18. The maximum Gasteiger partial charge on any atom is 0.227 e. The molecule has 0 saturated carbocycles. The fourth-order valence-corrected chi connectivity index (χ4v) is 4.20. The van der Waals surface area contributed by atoms with Crippen molar-refractivity contribution in [2.75, 3.05) is 43.5 Å². The Labute approximate surface area is 180 Å². The second kappa shape index (κ2) is 9.00. The molecule has 3 aromatic rings. The van der Waals surface area contributed by atoms with Gasteiger partial charge in [-0.3, -0.25) is 0 Å². The smallest absolute Gasteiger partial charge is 0.227 e. The number of nitrogens with one attached hydrogen (secondary N) is 1. The molecule has 1 aliphatic heterocycles. The average Bonchev–Trinajstić information content (AvgIpc) is 2.76. The summed E-state index contributed by atoms with van der Waals surface area (Å²) in [5.41, 5.74) is 5.12. The quantitative estimate of drug-likeness (QED) is 0.664. The van der Waals surface area contributed by atoms with Crippen molar-refractivity contribution in [2.24, 2.45) is 5.92 Å². The summed E-state index contributed by atoms with van der Waals surface area (Å²) in [5, 5.41) is 4.77. The highest BCUT2D eigenvalue weighted by molar-refractivity contribution is 5.90. The standard InChI is InChI=1S/C25H33N5/c1-18-9-10-21(15-19(18)2)17-26-16-20-11-13-30(14-12-20)25-27-23-8-6-5-7-22(23)24(28-25)29(3)4/h5-10,15,20,26H,11-14,16-17H2,1-4H3. The highest BCUT2D eigenvalue weighted by atomic mass is 15.3. The van der Waals surface area contributed by atoms with E-state index < -0.39 is 0 Å². The number of piperidine rings is 1. The number of para-hydroxylation sites is 1. The normalized spacial score (nSPS) is 15.0. The number of hydrogen-bond acceptors (Lipinski definition) is 5. The van der Waals surface area contributed by atoms with Crippen LogP contribution in [0.1, 0.15) is 29.5 Å². The lowest BCUT2D eigenvalue weighted by Gasteiger charge is -2.32. The lowest BCUT2D eigenvalue weighted by Crippen LogP contribution is -2.38. The predicted molar refractivity (Wildman–Crippen MR) is 126 cm³/mol. The minimum atomic E-state index is 0.710. The second-order valence-electron chi connectivity index (χ2n) is 8.74. The van der Waals surface area contributed by atoms with Gasteiger partial charge in [0.25, 0.3) is 0 Å². The van der Waals surface area contributed by atoms with Gasteiger partial charge in [0.05, 0.1) is 5.52 Å². The van der Waals surface area contributed by atoms with Gasteiger partial charge in [0.1, 0.15) is 5.82 Å². The van der Waals surface area contributed by atoms with Gasteiger partial charge in [-0.1, -0.05) is 30.3 Å². The predicted octanol–water partition coefficient (Wildman–Crippen LogP) is 4.32. The first-order valence-electron chi connectivity index (χ1n) is 11.0. The van der Waals surface area contributed by atoms with Gasteiger partial charge in [-0.2, -0.15) is 4.98 Å². The first-order chi connectivity index (χ1) is 14.5. The topological polar surface area (TPSA) is 44.3 Å². The Bertz CT molecular complexity index is 1010. The van der Waals surface area contributed by atoms with Crippen molar-refractivity contribution in [1.29, 1.82) is 0 Å². The lowest BCUT2D eigenvalue weighted by atomic mass is 9.97. The molecular weight excluding hydrogens is 370 g/mol. The maximum absolute atomic E-state index is 4.89. The summed E-state index contributed by atoms with van der Waals surface area (Å²) in [6.07, 6.45) is 2.35. The molecule has 0 spiro atoms. The number of hydrogen-bond donors (Lipinski definition) is 1. The van der Waals surface area contributed by atoms with Crippen molar-refractivity contribution >= 4 is 22.7 Å². The number of benzene rings is 2. The summed E-state index contributed by atoms with van der Waals surface area (Å²) in [6.45, 7) is 8.40. The molecule has 1 aliphatic rings. The summed E-state index contributed by atoms with van der Waals surface area (Å²) in [4.78, 5) is 14.2. The van der Waals surface area contributed by atoms with Crippen LogP contribution in [0.15, 0.2) is 42.5 Å². The molecule has 1 fully saturated rings. The molecule has 0 amide bonds. The molecule has 158 valence electrons. The zero-order valence-electron chi connectivity index (χ0n) is 18.7. The van der Waals surface area contributed by atoms with Crippen LogP contribution in [0, 0.1) is 19.8 Å². The number of fused-ring (bicyclic) bond motifs is 1. The van der Waals surface area contributed by atoms with Gasteiger partial charge in [-0.15, -0.1) is 0 Å². The average molecular weight is 404 g/mol. The molecule has 0 aliphatic carbocycles. The highest BCUT2D eigenvalue weighted by Gasteiger charge is 2.22. The third-order valence-electron chi connectivity index (χ3n) is 6.23. The fraction of sp³-hybridized carbons (Fsp3) is 0.440. The molecule has 1 N–H and O–H groups in total. The Morgan fingerprint density at radius 3 is 2.50 bits per heavy atom. The monoisotopic (exact) mass is 403 g/mol. The van der Waals surface area contributed by atoms with Gasteiger partial charge in [0.15, 0.2) is 0 Å². The summed E-state index contributed by atoms with van der Waals surface area (Å²) in [7, 11) is 4.10. The minimum absolute atomic E-state index is 0.710. The van der Waals surface area contributed by atoms with Crippen LogP contribution in [0.25, 0.3) is 10.9 Å². The van der Waals surface area contributed by atoms with Gasteiger partial charge in [-0.25, -0.2) is 4.98 Å². The van der Waals surface area contributed by atoms with Crippen molar-refractivity contribution in [1.82, 2.24) is 15.3 Å². The third kappa shape index (κ3) is 4.57. The number of anilines is 2. The van der Waals surface area contributed by atoms with Crippen molar-refractivity contribution in [2.45, 2.75) is 33.2 Å². The molecule has 5 nitrogen and oxygen atoms in total. The summed E-state index contributed by atoms with van der Waals surface area (Å²) < 4.78 is 0. The molecule has 1 aromatic heterocycles. The van der Waals surface area contributed by atoms with Gasteiger partial charge in [0, 0.05) is 39.1 Å². The molecule has 4 rings (SSSR count). The van der Waals surface area contributed by atoms with E-state index in [0.29, 0.717) is 5.92 Å². The zero-order chi connectivity index (χ0) is 21.1. The SMILES string of the molecule is Cc1ccc(CNCC2CCN(c3nc(N(C)C)c4ccccc4n3)CC2)cc1C. The molecule has 5 heteroatoms. The van der Waals surface area contributed by atoms with Crippen LogP contribution in [0.3, 0.4) is 0 Å². The van der Waals surface area contributed by atoms with E-state index in [2.05, 4.69) is 65.4 Å². The molecule has 30 heavy (non-hydrogen) atoms. The van der Waals surface area contributed by atoms with Gasteiger partial charge in [0.2, 0.25) is 5.95 Å². The Morgan fingerprint density at radius 2 is 1.77 bits per heavy atom. The van der Waals surface area contributed by atoms with Crippen LogP contribution >= 0.6 is 0 Å². The molecule has 0 atom stereocenters. The van der Waals surface area contributed by atoms with Crippen molar-refractivity contribution in [3.63, 3.8) is 0 Å². The fourth-order valence-electron chi connectivity index (χ4n) is 4.20. The second-order valence-corrected chi connectivity index (χ2v) is 8.74. The van der Waals surface area contributed by atoms with E-state index in [1.165, 1.54) is 29.5 Å². The van der Waals surface area contributed by atoms with E-state index in [9.17, 15) is 0 Å². The number of aromatic nitrogens is 2. The van der Waals surface area contributed by atoms with Crippen LogP contribution < -0.4 is 15.1 Å². The molecular formula is C25H33N5. The highest BCUT2D eigenvalue weighted by Crippen LogP contribution is 2.27. The van der Waals surface area contributed by atoms with E-state index in [0.717, 1.165) is 48.8 Å². The van der Waals surface area contributed by atoms with Crippen LogP contribution in [-0.2, 0) is 6.54 Å². The Balaban J connectivity index is 1.34. The van der Waals surface area contributed by atoms with E-state index in [-0.39, 0.29) is 0 Å². The molecule has 0 radical (unpaired) electrons. The van der Waals surface area contributed by atoms with Crippen molar-refractivity contribution < 1.29 is 0 Å². The Morgan fingerprint density at radius 1 is 1.00 bits per heavy atom. The molecule has 2 aromatic carbocycles. The summed E-state index contributed by atoms with van der Waals surface area (Å²) >= 11 is 0. The van der Waals surface area contributed by atoms with E-state index in [4.69, 9.17) is 9.97 Å². The molecule has 2 heterocycles. The molecule has 0 unspecified atom stereocenters. The van der Waals surface area contributed by atoms with Gasteiger partial charge < -0.3 is 15.1 Å². The molecule has 0 bridgehead atoms. The molecule has 1 saturated heterocycles. The third-order valence-corrected chi connectivity index (χ3v) is 6.23. The number of aryl methyl sites for hydroxylation is 2. The van der Waals surface area contributed by atoms with Gasteiger partial charge >= 0.3 is 0 Å². The number of nitrogens with zero attached hydrogens (tertiary/aromatic N) is 4. The van der Waals surface area contributed by atoms with E-state index in [1.54, 1.807) is 0 Å². The maximum atomic E-state index is 4.89. The van der Waals surface area contributed by atoms with Crippen LogP contribution in [-0.4, -0.2) is 43.7 Å². The lowest BCUT2D eigenvalue weighted by molar-refractivity contribution is 0.380. The van der Waals surface area contributed by atoms with E-state index >= 15 is 0 Å². The Hall–Kier alpha value is -2.66. The van der Waals surface area contributed by atoms with Crippen LogP contribution in [0.2, 0.25) is 0 Å². The van der Waals surface area contributed by atoms with Crippen molar-refractivity contribution in [3.8, 4) is 0 Å². The first kappa shape index (κ1) is 20.6. The summed E-state index contributed by atoms with van der Waals surface area (Å²) in [6, 6.07) is 15.0. The van der Waals surface area contributed by atoms with E-state index in [1.807, 2.05) is 20.2 Å². The van der Waals surface area contributed by atoms with Crippen molar-refractivity contribution in [3.05, 3.63) is 59.2 Å². The number of rotatable bonds is 6. The zero-order valence-corrected chi connectivity index (χ0v) is 18.7. The minimum Gasteiger partial charge on any atom is -0.362 e. The largest absolute Gasteiger partial charge is 0.362 e. The van der Waals surface area contributed by atoms with Gasteiger partial charge in [-0.05, 0) is 68.0 Å². The first-order valence-corrected chi connectivity index (χ1v) is 11.0. The van der Waals surface area contributed by atoms with Crippen LogP contribution in [0.5, 0.6) is 0 Å².